The van der Waals surface area contributed by atoms with E-state index in [1.165, 1.54) is 36.4 Å². The summed E-state index contributed by atoms with van der Waals surface area (Å²) in [6.07, 6.45) is 1.71. The Morgan fingerprint density at radius 2 is 1.85 bits per heavy atom. The summed E-state index contributed by atoms with van der Waals surface area (Å²) >= 11 is 0. The highest BCUT2D eigenvalue weighted by Crippen LogP contribution is 2.22. The van der Waals surface area contributed by atoms with Crippen molar-refractivity contribution in [2.45, 2.75) is 36.9 Å². The maximum absolute atomic E-state index is 12.2. The monoisotopic (exact) mass is 396 g/mol. The first-order chi connectivity index (χ1) is 12.8. The summed E-state index contributed by atoms with van der Waals surface area (Å²) in [6, 6.07) is 11.7. The second kappa shape index (κ2) is 8.01. The molecule has 0 spiro atoms. The fourth-order valence-electron chi connectivity index (χ4n) is 2.37. The number of rotatable bonds is 8. The Bertz CT molecular complexity index is 913. The van der Waals surface area contributed by atoms with Crippen LogP contribution in [-0.4, -0.2) is 27.0 Å². The van der Waals surface area contributed by atoms with Gasteiger partial charge in [-0.15, -0.1) is 0 Å². The van der Waals surface area contributed by atoms with Gasteiger partial charge in [0.05, 0.1) is 4.90 Å². The molecule has 2 aromatic rings. The number of amides is 1. The number of sulfonamides is 1. The summed E-state index contributed by atoms with van der Waals surface area (Å²) in [6.45, 7) is -2.80. The molecular weight excluding hydrogens is 378 g/mol. The maximum Gasteiger partial charge on any atom is 0.387 e. The van der Waals surface area contributed by atoms with E-state index in [4.69, 9.17) is 0 Å². The molecule has 144 valence electrons. The molecule has 27 heavy (non-hydrogen) atoms. The number of carbonyl (C=O) groups is 1. The van der Waals surface area contributed by atoms with Gasteiger partial charge >= 0.3 is 6.61 Å². The lowest BCUT2D eigenvalue weighted by Gasteiger charge is -2.09. The summed E-state index contributed by atoms with van der Waals surface area (Å²) in [7, 11) is -3.52. The molecule has 1 amide bonds. The fourth-order valence-corrected chi connectivity index (χ4v) is 3.68. The van der Waals surface area contributed by atoms with Crippen LogP contribution in [0.15, 0.2) is 53.4 Å². The molecule has 1 saturated carbocycles. The summed E-state index contributed by atoms with van der Waals surface area (Å²) in [5, 5.41) is 2.65. The van der Waals surface area contributed by atoms with Crippen LogP contribution in [0.25, 0.3) is 0 Å². The van der Waals surface area contributed by atoms with Gasteiger partial charge in [0.15, 0.2) is 0 Å². The molecule has 0 aromatic heterocycles. The van der Waals surface area contributed by atoms with E-state index in [9.17, 15) is 22.0 Å². The van der Waals surface area contributed by atoms with Crippen molar-refractivity contribution < 1.29 is 26.7 Å². The van der Waals surface area contributed by atoms with Crippen molar-refractivity contribution >= 4 is 15.9 Å². The quantitative estimate of drug-likeness (QED) is 0.719. The first-order valence-electron chi connectivity index (χ1n) is 8.28. The number of alkyl halides is 2. The van der Waals surface area contributed by atoms with Gasteiger partial charge in [0.2, 0.25) is 10.0 Å². The fraction of sp³-hybridized carbons (Fsp3) is 0.278. The first-order valence-corrected chi connectivity index (χ1v) is 9.76. The maximum atomic E-state index is 12.2. The van der Waals surface area contributed by atoms with Crippen molar-refractivity contribution in [3.8, 4) is 5.75 Å². The van der Waals surface area contributed by atoms with Crippen molar-refractivity contribution in [2.24, 2.45) is 0 Å². The van der Waals surface area contributed by atoms with Gasteiger partial charge in [0.25, 0.3) is 5.91 Å². The van der Waals surface area contributed by atoms with Gasteiger partial charge in [-0.2, -0.15) is 8.78 Å². The zero-order valence-electron chi connectivity index (χ0n) is 14.2. The molecule has 0 heterocycles. The Balaban J connectivity index is 1.59. The van der Waals surface area contributed by atoms with Crippen molar-refractivity contribution in [1.82, 2.24) is 10.0 Å². The van der Waals surface area contributed by atoms with Crippen LogP contribution in [0.2, 0.25) is 0 Å². The van der Waals surface area contributed by atoms with Gasteiger partial charge in [-0.25, -0.2) is 13.1 Å². The Hall–Kier alpha value is -2.52. The molecule has 1 fully saturated rings. The van der Waals surface area contributed by atoms with Gasteiger partial charge in [0.1, 0.15) is 5.75 Å². The average molecular weight is 396 g/mol. The topological polar surface area (TPSA) is 84.5 Å². The minimum atomic E-state index is -3.52. The zero-order valence-corrected chi connectivity index (χ0v) is 15.0. The molecule has 0 atom stereocenters. The number of halogens is 2. The first kappa shape index (κ1) is 19.2. The SMILES string of the molecule is O=C(NCc1ccc(S(=O)(=O)NC2CC2)cc1)c1cccc(OC(F)F)c1. The molecule has 0 aliphatic heterocycles. The largest absolute Gasteiger partial charge is 0.435 e. The molecule has 9 heteroatoms. The lowest BCUT2D eigenvalue weighted by Crippen LogP contribution is -2.26. The number of hydrogen-bond donors (Lipinski definition) is 2. The van der Waals surface area contributed by atoms with Crippen LogP contribution >= 0.6 is 0 Å². The van der Waals surface area contributed by atoms with Crippen molar-refractivity contribution in [3.63, 3.8) is 0 Å². The molecule has 2 aromatic carbocycles. The predicted octanol–water partition coefficient (Wildman–Crippen LogP) is 2.66. The van der Waals surface area contributed by atoms with Crippen LogP contribution in [-0.2, 0) is 16.6 Å². The van der Waals surface area contributed by atoms with Crippen molar-refractivity contribution in [3.05, 3.63) is 59.7 Å². The van der Waals surface area contributed by atoms with Crippen LogP contribution in [0.3, 0.4) is 0 Å². The second-order valence-electron chi connectivity index (χ2n) is 6.13. The van der Waals surface area contributed by atoms with Crippen LogP contribution in [0.1, 0.15) is 28.8 Å². The Morgan fingerprint density at radius 1 is 1.15 bits per heavy atom. The minimum Gasteiger partial charge on any atom is -0.435 e. The summed E-state index contributed by atoms with van der Waals surface area (Å²) < 4.78 is 55.6. The van der Waals surface area contributed by atoms with E-state index in [2.05, 4.69) is 14.8 Å². The Labute approximate surface area is 155 Å². The van der Waals surface area contributed by atoms with E-state index < -0.39 is 22.5 Å². The van der Waals surface area contributed by atoms with Crippen LogP contribution in [0.4, 0.5) is 8.78 Å². The summed E-state index contributed by atoms with van der Waals surface area (Å²) in [5.74, 6) is -0.558. The molecule has 0 saturated heterocycles. The second-order valence-corrected chi connectivity index (χ2v) is 7.84. The Morgan fingerprint density at radius 3 is 2.48 bits per heavy atom. The van der Waals surface area contributed by atoms with E-state index >= 15 is 0 Å². The molecule has 6 nitrogen and oxygen atoms in total. The highest BCUT2D eigenvalue weighted by atomic mass is 32.2. The van der Waals surface area contributed by atoms with E-state index in [1.807, 2.05) is 0 Å². The van der Waals surface area contributed by atoms with Crippen LogP contribution < -0.4 is 14.8 Å². The normalized spacial score (nSPS) is 14.2. The van der Waals surface area contributed by atoms with Crippen molar-refractivity contribution in [1.29, 1.82) is 0 Å². The van der Waals surface area contributed by atoms with E-state index in [1.54, 1.807) is 12.1 Å². The molecule has 3 rings (SSSR count). The van der Waals surface area contributed by atoms with E-state index in [0.717, 1.165) is 12.8 Å². The zero-order chi connectivity index (χ0) is 19.4. The summed E-state index contributed by atoms with van der Waals surface area (Å²) in [5.41, 5.74) is 0.884. The van der Waals surface area contributed by atoms with Crippen LogP contribution in [0, 0.1) is 0 Å². The smallest absolute Gasteiger partial charge is 0.387 e. The van der Waals surface area contributed by atoms with E-state index in [-0.39, 0.29) is 28.8 Å². The van der Waals surface area contributed by atoms with E-state index in [0.29, 0.717) is 5.56 Å². The van der Waals surface area contributed by atoms with Crippen molar-refractivity contribution in [2.75, 3.05) is 0 Å². The average Bonchev–Trinajstić information content (AvgIpc) is 3.43. The van der Waals surface area contributed by atoms with Gasteiger partial charge in [0, 0.05) is 18.2 Å². The number of nitrogens with one attached hydrogen (secondary N) is 2. The van der Waals surface area contributed by atoms with Gasteiger partial charge in [-0.05, 0) is 48.7 Å². The summed E-state index contributed by atoms with van der Waals surface area (Å²) in [4.78, 5) is 12.3. The molecule has 0 unspecified atom stereocenters. The van der Waals surface area contributed by atoms with Crippen LogP contribution in [0.5, 0.6) is 5.75 Å². The standard InChI is InChI=1S/C18H18F2N2O4S/c19-18(20)26-15-3-1-2-13(10-15)17(23)21-11-12-4-8-16(9-5-12)27(24,25)22-14-6-7-14/h1-5,8-10,14,18,22H,6-7,11H2,(H,21,23). The lowest BCUT2D eigenvalue weighted by atomic mass is 10.2. The number of benzene rings is 2. The number of hydrogen-bond acceptors (Lipinski definition) is 4. The molecule has 1 aliphatic carbocycles. The highest BCUT2D eigenvalue weighted by molar-refractivity contribution is 7.89. The molecular formula is C18H18F2N2O4S. The third-order valence-corrected chi connectivity index (χ3v) is 5.44. The minimum absolute atomic E-state index is 0.0266. The predicted molar refractivity (Wildman–Crippen MR) is 94.0 cm³/mol. The highest BCUT2D eigenvalue weighted by Gasteiger charge is 2.27. The molecule has 1 aliphatic rings. The van der Waals surface area contributed by atoms with Gasteiger partial charge in [-0.3, -0.25) is 4.79 Å². The lowest BCUT2D eigenvalue weighted by molar-refractivity contribution is -0.0498. The Kier molecular flexibility index (Phi) is 5.71. The molecule has 0 bridgehead atoms. The third kappa shape index (κ3) is 5.48. The van der Waals surface area contributed by atoms with Gasteiger partial charge in [-0.1, -0.05) is 18.2 Å². The number of ether oxygens (including phenoxy) is 1. The van der Waals surface area contributed by atoms with Gasteiger partial charge < -0.3 is 10.1 Å². The molecule has 0 radical (unpaired) electrons. The molecule has 2 N–H and O–H groups in total. The third-order valence-electron chi connectivity index (χ3n) is 3.91. The number of carbonyl (C=O) groups excluding carboxylic acids is 1.